The molecule has 1 N–H and O–H groups in total. The van der Waals surface area contributed by atoms with E-state index in [9.17, 15) is 9.18 Å². The van der Waals surface area contributed by atoms with Crippen LogP contribution in [0.2, 0.25) is 0 Å². The van der Waals surface area contributed by atoms with Gasteiger partial charge < -0.3 is 10.1 Å². The number of methoxy groups -OCH3 is 1. The number of benzene rings is 1. The number of rotatable bonds is 5. The maximum atomic E-state index is 13.0. The molecule has 18 heavy (non-hydrogen) atoms. The second-order valence-corrected chi connectivity index (χ2v) is 4.31. The molecular formula is C13H19FN2O2. The first kappa shape index (κ1) is 14.4. The first-order valence-corrected chi connectivity index (χ1v) is 5.72. The predicted octanol–water partition coefficient (Wildman–Crippen LogP) is 1.40. The van der Waals surface area contributed by atoms with Gasteiger partial charge in [-0.1, -0.05) is 6.07 Å². The lowest BCUT2D eigenvalue weighted by Gasteiger charge is -2.19. The molecular weight excluding hydrogens is 235 g/mol. The lowest BCUT2D eigenvalue weighted by Crippen LogP contribution is -2.41. The van der Waals surface area contributed by atoms with Crippen molar-refractivity contribution in [3.63, 3.8) is 0 Å². The summed E-state index contributed by atoms with van der Waals surface area (Å²) in [6.07, 6.45) is 0. The highest BCUT2D eigenvalue weighted by molar-refractivity contribution is 5.81. The Bertz CT molecular complexity index is 421. The van der Waals surface area contributed by atoms with E-state index in [0.717, 1.165) is 5.56 Å². The van der Waals surface area contributed by atoms with Crippen LogP contribution in [0.5, 0.6) is 5.75 Å². The van der Waals surface area contributed by atoms with Gasteiger partial charge in [0, 0.05) is 18.2 Å². The van der Waals surface area contributed by atoms with Gasteiger partial charge in [0.2, 0.25) is 5.91 Å². The highest BCUT2D eigenvalue weighted by Gasteiger charge is 2.15. The maximum Gasteiger partial charge on any atom is 0.237 e. The summed E-state index contributed by atoms with van der Waals surface area (Å²) in [7, 11) is 5.15. The molecule has 1 aromatic carbocycles. The molecule has 1 atom stereocenters. The van der Waals surface area contributed by atoms with Gasteiger partial charge in [0.1, 0.15) is 11.6 Å². The molecule has 4 nitrogen and oxygen atoms in total. The van der Waals surface area contributed by atoms with Crippen LogP contribution in [0.3, 0.4) is 0 Å². The van der Waals surface area contributed by atoms with Crippen LogP contribution in [0, 0.1) is 5.82 Å². The maximum absolute atomic E-state index is 13.0. The fourth-order valence-corrected chi connectivity index (χ4v) is 1.43. The van der Waals surface area contributed by atoms with Crippen molar-refractivity contribution >= 4 is 5.91 Å². The Hall–Kier alpha value is -1.62. The third-order valence-electron chi connectivity index (χ3n) is 2.86. The summed E-state index contributed by atoms with van der Waals surface area (Å²) < 4.78 is 18.1. The molecule has 0 heterocycles. The average molecular weight is 254 g/mol. The molecule has 0 aliphatic heterocycles. The minimum Gasteiger partial charge on any atom is -0.496 e. The van der Waals surface area contributed by atoms with Crippen molar-refractivity contribution in [1.29, 1.82) is 0 Å². The summed E-state index contributed by atoms with van der Waals surface area (Å²) in [5, 5.41) is 2.79. The van der Waals surface area contributed by atoms with Crippen molar-refractivity contribution in [2.24, 2.45) is 0 Å². The van der Waals surface area contributed by atoms with Crippen molar-refractivity contribution in [2.45, 2.75) is 19.5 Å². The van der Waals surface area contributed by atoms with Gasteiger partial charge in [-0.2, -0.15) is 0 Å². The number of ether oxygens (including phenoxy) is 1. The monoisotopic (exact) mass is 254 g/mol. The number of carbonyl (C=O) groups excluding carboxylic acids is 1. The Balaban J connectivity index is 2.66. The zero-order valence-electron chi connectivity index (χ0n) is 11.2. The van der Waals surface area contributed by atoms with Gasteiger partial charge in [-0.05, 0) is 27.1 Å². The summed E-state index contributed by atoms with van der Waals surface area (Å²) in [4.78, 5) is 13.6. The molecule has 0 bridgehead atoms. The van der Waals surface area contributed by atoms with E-state index in [0.29, 0.717) is 12.3 Å². The molecule has 0 unspecified atom stereocenters. The Morgan fingerprint density at radius 3 is 2.72 bits per heavy atom. The van der Waals surface area contributed by atoms with Gasteiger partial charge in [0.15, 0.2) is 0 Å². The van der Waals surface area contributed by atoms with Crippen LogP contribution in [0.4, 0.5) is 4.39 Å². The number of nitrogens with zero attached hydrogens (tertiary/aromatic N) is 1. The molecule has 0 saturated heterocycles. The van der Waals surface area contributed by atoms with E-state index in [2.05, 4.69) is 5.32 Å². The minimum absolute atomic E-state index is 0.0774. The summed E-state index contributed by atoms with van der Waals surface area (Å²) in [6.45, 7) is 2.14. The molecule has 0 aliphatic carbocycles. The van der Waals surface area contributed by atoms with Gasteiger partial charge in [-0.25, -0.2) is 4.39 Å². The number of hydrogen-bond donors (Lipinski definition) is 1. The molecule has 0 radical (unpaired) electrons. The van der Waals surface area contributed by atoms with E-state index < -0.39 is 0 Å². The van der Waals surface area contributed by atoms with Crippen LogP contribution in [0.25, 0.3) is 0 Å². The van der Waals surface area contributed by atoms with Gasteiger partial charge in [0.25, 0.3) is 0 Å². The van der Waals surface area contributed by atoms with Crippen molar-refractivity contribution in [3.8, 4) is 5.75 Å². The normalized spacial score (nSPS) is 12.3. The number of halogens is 1. The van der Waals surface area contributed by atoms with Gasteiger partial charge in [-0.15, -0.1) is 0 Å². The second-order valence-electron chi connectivity index (χ2n) is 4.31. The van der Waals surface area contributed by atoms with Gasteiger partial charge in [-0.3, -0.25) is 9.69 Å². The SMILES string of the molecule is COc1cc(F)ccc1CNC(=O)[C@@H](C)N(C)C. The van der Waals surface area contributed by atoms with E-state index in [1.165, 1.54) is 19.2 Å². The molecule has 0 aliphatic rings. The highest BCUT2D eigenvalue weighted by Crippen LogP contribution is 2.19. The first-order valence-electron chi connectivity index (χ1n) is 5.72. The molecule has 5 heteroatoms. The summed E-state index contributed by atoms with van der Waals surface area (Å²) in [5.74, 6) is 0.00257. The lowest BCUT2D eigenvalue weighted by atomic mass is 10.2. The van der Waals surface area contributed by atoms with Crippen LogP contribution >= 0.6 is 0 Å². The number of amides is 1. The van der Waals surface area contributed by atoms with Crippen LogP contribution in [0.1, 0.15) is 12.5 Å². The number of carbonyl (C=O) groups is 1. The number of nitrogens with one attached hydrogen (secondary N) is 1. The second kappa shape index (κ2) is 6.35. The summed E-state index contributed by atoms with van der Waals surface area (Å²) in [5.41, 5.74) is 0.748. The van der Waals surface area contributed by atoms with E-state index in [1.807, 2.05) is 25.9 Å². The number of likely N-dealkylation sites (N-methyl/N-ethyl adjacent to an activating group) is 1. The van der Waals surface area contributed by atoms with E-state index in [4.69, 9.17) is 4.74 Å². The van der Waals surface area contributed by atoms with E-state index in [-0.39, 0.29) is 17.8 Å². The largest absolute Gasteiger partial charge is 0.496 e. The minimum atomic E-state index is -0.358. The highest BCUT2D eigenvalue weighted by atomic mass is 19.1. The van der Waals surface area contributed by atoms with Crippen molar-refractivity contribution in [1.82, 2.24) is 10.2 Å². The molecule has 0 spiro atoms. The molecule has 1 amide bonds. The smallest absolute Gasteiger partial charge is 0.237 e. The number of hydrogen-bond acceptors (Lipinski definition) is 3. The molecule has 100 valence electrons. The molecule has 1 rings (SSSR count). The standard InChI is InChI=1S/C13H19FN2O2/c1-9(16(2)3)13(17)15-8-10-5-6-11(14)7-12(10)18-4/h5-7,9H,8H2,1-4H3,(H,15,17)/t9-/m1/s1. The molecule has 0 saturated carbocycles. The van der Waals surface area contributed by atoms with Gasteiger partial charge in [0.05, 0.1) is 13.2 Å². The third kappa shape index (κ3) is 3.70. The van der Waals surface area contributed by atoms with E-state index in [1.54, 1.807) is 6.07 Å². The Morgan fingerprint density at radius 1 is 1.50 bits per heavy atom. The van der Waals surface area contributed by atoms with Crippen LogP contribution in [-0.2, 0) is 11.3 Å². The van der Waals surface area contributed by atoms with Gasteiger partial charge >= 0.3 is 0 Å². The van der Waals surface area contributed by atoms with Crippen LogP contribution in [-0.4, -0.2) is 38.1 Å². The Labute approximate surface area is 107 Å². The molecule has 0 aromatic heterocycles. The topological polar surface area (TPSA) is 41.6 Å². The molecule has 0 fully saturated rings. The molecule has 1 aromatic rings. The van der Waals surface area contributed by atoms with Crippen LogP contribution in [0.15, 0.2) is 18.2 Å². The Morgan fingerprint density at radius 2 is 2.17 bits per heavy atom. The third-order valence-corrected chi connectivity index (χ3v) is 2.86. The van der Waals surface area contributed by atoms with Crippen LogP contribution < -0.4 is 10.1 Å². The summed E-state index contributed by atoms with van der Waals surface area (Å²) >= 11 is 0. The summed E-state index contributed by atoms with van der Waals surface area (Å²) in [6, 6.07) is 4.04. The lowest BCUT2D eigenvalue weighted by molar-refractivity contribution is -0.125. The van der Waals surface area contributed by atoms with Crippen molar-refractivity contribution < 1.29 is 13.9 Å². The quantitative estimate of drug-likeness (QED) is 0.863. The van der Waals surface area contributed by atoms with E-state index >= 15 is 0 Å². The van der Waals surface area contributed by atoms with Crippen molar-refractivity contribution in [3.05, 3.63) is 29.6 Å². The van der Waals surface area contributed by atoms with Crippen molar-refractivity contribution in [2.75, 3.05) is 21.2 Å². The zero-order chi connectivity index (χ0) is 13.7. The first-order chi connectivity index (χ1) is 8.45. The predicted molar refractivity (Wildman–Crippen MR) is 67.9 cm³/mol. The average Bonchev–Trinajstić information content (AvgIpc) is 2.35. The fraction of sp³-hybridized carbons (Fsp3) is 0.462. The Kier molecular flexibility index (Phi) is 5.09. The fourth-order valence-electron chi connectivity index (χ4n) is 1.43. The zero-order valence-corrected chi connectivity index (χ0v) is 11.2.